The Morgan fingerprint density at radius 3 is 1.66 bits per heavy atom. The highest BCUT2D eigenvalue weighted by atomic mass is 32.3. The van der Waals surface area contributed by atoms with Gasteiger partial charge >= 0.3 is 16.4 Å². The van der Waals surface area contributed by atoms with Crippen LogP contribution in [-0.4, -0.2) is 77.9 Å². The van der Waals surface area contributed by atoms with E-state index in [-0.39, 0.29) is 16.3 Å². The molecular formula is C29H28N8O15S4. The van der Waals surface area contributed by atoms with Crippen molar-refractivity contribution in [1.29, 1.82) is 0 Å². The second-order valence-corrected chi connectivity index (χ2v) is 17.0. The highest BCUT2D eigenvalue weighted by Crippen LogP contribution is 2.49. The molecule has 0 radical (unpaired) electrons. The van der Waals surface area contributed by atoms with Gasteiger partial charge in [0.2, 0.25) is 0 Å². The zero-order valence-corrected chi connectivity index (χ0v) is 31.7. The lowest BCUT2D eigenvalue weighted by Crippen LogP contribution is -2.15. The van der Waals surface area contributed by atoms with Gasteiger partial charge in [-0.2, -0.15) is 30.4 Å². The second kappa shape index (κ2) is 16.5. The number of benzene rings is 4. The van der Waals surface area contributed by atoms with Gasteiger partial charge in [0, 0.05) is 6.07 Å². The first-order valence-electron chi connectivity index (χ1n) is 14.8. The molecule has 0 atom stereocenters. The highest BCUT2D eigenvalue weighted by molar-refractivity contribution is 7.91. The Labute approximate surface area is 317 Å². The van der Waals surface area contributed by atoms with Gasteiger partial charge in [0.15, 0.2) is 9.84 Å². The summed E-state index contributed by atoms with van der Waals surface area (Å²) in [6.45, 7) is 0.625. The van der Waals surface area contributed by atoms with Crippen molar-refractivity contribution in [2.75, 3.05) is 30.9 Å². The van der Waals surface area contributed by atoms with Crippen LogP contribution < -0.4 is 16.2 Å². The van der Waals surface area contributed by atoms with Crippen molar-refractivity contribution in [2.24, 2.45) is 30.7 Å². The standard InChI is InChI=1S/C29H28N8O15S4/c1-15-3-9-19(21(13-15)54(42,43)44)33-35-26-23(29(38)39)27(36-34-20-10-6-17(51-2)14-22(20)55(45,46)47)25(31)28(24(26)30)37-32-16-4-7-18(8-5-16)53(40,41)12-11-52-56(48,49)50/h3-10,13-14H,11-12,30-31H2,1-2H3,(H,38,39)(H,42,43,44)(H,45,46,47)(H,48,49,50). The number of anilines is 2. The molecule has 23 nitrogen and oxygen atoms in total. The maximum absolute atomic E-state index is 12.7. The smallest absolute Gasteiger partial charge is 0.397 e. The SMILES string of the molecule is COc1ccc(N=Nc2c(N)c(N=Nc3ccc(S(=O)(=O)CCOS(=O)(=O)O)cc3)c(N)c(N=Nc3ccc(C)cc3S(=O)(=O)O)c2C(=O)O)c(S(=O)(=O)O)c1. The number of aromatic carboxylic acids is 1. The quantitative estimate of drug-likeness (QED) is 0.0508. The van der Waals surface area contributed by atoms with Gasteiger partial charge in [-0.25, -0.2) is 17.4 Å². The molecule has 4 aromatic rings. The van der Waals surface area contributed by atoms with E-state index in [0.717, 1.165) is 48.5 Å². The highest BCUT2D eigenvalue weighted by Gasteiger charge is 2.28. The number of ether oxygens (including phenoxy) is 1. The van der Waals surface area contributed by atoms with Crippen LogP contribution in [0.3, 0.4) is 0 Å². The van der Waals surface area contributed by atoms with Crippen LogP contribution in [0.4, 0.5) is 45.5 Å². The minimum Gasteiger partial charge on any atom is -0.497 e. The van der Waals surface area contributed by atoms with Crippen LogP contribution in [0.2, 0.25) is 0 Å². The van der Waals surface area contributed by atoms with E-state index in [2.05, 4.69) is 34.9 Å². The molecule has 0 spiro atoms. The van der Waals surface area contributed by atoms with Crippen LogP contribution in [0, 0.1) is 6.92 Å². The molecule has 298 valence electrons. The molecule has 0 saturated heterocycles. The summed E-state index contributed by atoms with van der Waals surface area (Å²) < 4.78 is 132. The largest absolute Gasteiger partial charge is 0.497 e. The van der Waals surface area contributed by atoms with Gasteiger partial charge in [-0.15, -0.1) is 25.6 Å². The predicted molar refractivity (Wildman–Crippen MR) is 195 cm³/mol. The molecule has 0 amide bonds. The van der Waals surface area contributed by atoms with E-state index in [1.165, 1.54) is 26.2 Å². The van der Waals surface area contributed by atoms with E-state index in [0.29, 0.717) is 5.56 Å². The third-order valence-corrected chi connectivity index (χ3v) is 11.0. The number of aryl methyl sites for hydroxylation is 1. The van der Waals surface area contributed by atoms with E-state index in [1.54, 1.807) is 0 Å². The number of nitrogens with zero attached hydrogens (tertiary/aromatic N) is 6. The summed E-state index contributed by atoms with van der Waals surface area (Å²) in [5.41, 5.74) is 7.65. The first-order chi connectivity index (χ1) is 25.9. The molecule has 4 aromatic carbocycles. The number of carboxylic acid groups (broad SMARTS) is 1. The Morgan fingerprint density at radius 2 is 1.18 bits per heavy atom. The van der Waals surface area contributed by atoms with E-state index in [4.69, 9.17) is 20.8 Å². The zero-order chi connectivity index (χ0) is 41.8. The Balaban J connectivity index is 1.92. The molecule has 0 aliphatic carbocycles. The van der Waals surface area contributed by atoms with Crippen LogP contribution in [0.15, 0.2) is 106 Å². The molecule has 0 unspecified atom stereocenters. The number of nitrogens with two attached hydrogens (primary N) is 2. The van der Waals surface area contributed by atoms with Crippen molar-refractivity contribution in [3.05, 3.63) is 71.8 Å². The number of carbonyl (C=O) groups is 1. The van der Waals surface area contributed by atoms with Gasteiger partial charge in [-0.05, 0) is 61.0 Å². The topological polar surface area (TPSA) is 379 Å². The number of nitrogen functional groups attached to an aromatic ring is 2. The van der Waals surface area contributed by atoms with Crippen molar-refractivity contribution in [3.63, 3.8) is 0 Å². The summed E-state index contributed by atoms with van der Waals surface area (Å²) in [6.07, 6.45) is 0. The van der Waals surface area contributed by atoms with E-state index in [9.17, 15) is 52.7 Å². The number of hydrogen-bond acceptors (Lipinski definition) is 19. The molecule has 0 heterocycles. The lowest BCUT2D eigenvalue weighted by Gasteiger charge is -2.13. The first kappa shape index (κ1) is 42.9. The minimum atomic E-state index is -4.97. The van der Waals surface area contributed by atoms with Gasteiger partial charge in [-0.1, -0.05) is 6.07 Å². The number of rotatable bonds is 15. The summed E-state index contributed by atoms with van der Waals surface area (Å²) in [4.78, 5) is 10.9. The molecule has 56 heavy (non-hydrogen) atoms. The summed E-state index contributed by atoms with van der Waals surface area (Å²) in [5, 5.41) is 33.4. The molecule has 0 saturated carbocycles. The molecule has 0 aliphatic rings. The summed E-state index contributed by atoms with van der Waals surface area (Å²) >= 11 is 0. The number of carboxylic acids is 1. The van der Waals surface area contributed by atoms with Gasteiger partial charge in [-0.3, -0.25) is 13.7 Å². The fourth-order valence-corrected chi connectivity index (χ4v) is 7.33. The van der Waals surface area contributed by atoms with Gasteiger partial charge in [0.25, 0.3) is 20.2 Å². The summed E-state index contributed by atoms with van der Waals surface area (Å²) in [6, 6.07) is 11.2. The fraction of sp³-hybridized carbons (Fsp3) is 0.138. The molecular weight excluding hydrogens is 829 g/mol. The molecule has 27 heteroatoms. The van der Waals surface area contributed by atoms with E-state index >= 15 is 0 Å². The summed E-state index contributed by atoms with van der Waals surface area (Å²) in [5.74, 6) is -2.66. The molecule has 0 aromatic heterocycles. The normalized spacial score (nSPS) is 12.9. The molecule has 0 fully saturated rings. The van der Waals surface area contributed by atoms with Crippen LogP contribution >= 0.6 is 0 Å². The maximum atomic E-state index is 12.7. The average molecular weight is 857 g/mol. The second-order valence-electron chi connectivity index (χ2n) is 11.0. The Bertz CT molecular complexity index is 2760. The number of azo groups is 3. The molecule has 8 N–H and O–H groups in total. The van der Waals surface area contributed by atoms with Crippen molar-refractivity contribution in [2.45, 2.75) is 21.6 Å². The zero-order valence-electron chi connectivity index (χ0n) is 28.4. The van der Waals surface area contributed by atoms with Crippen LogP contribution in [0.25, 0.3) is 0 Å². The third-order valence-electron chi connectivity index (χ3n) is 7.11. The molecule has 0 bridgehead atoms. The number of methoxy groups -OCH3 is 1. The Hall–Kier alpha value is -5.81. The van der Waals surface area contributed by atoms with Gasteiger partial charge in [0.05, 0.1) is 41.4 Å². The van der Waals surface area contributed by atoms with Crippen molar-refractivity contribution >= 4 is 91.9 Å². The Kier molecular flexibility index (Phi) is 12.7. The van der Waals surface area contributed by atoms with Crippen LogP contribution in [0.1, 0.15) is 15.9 Å². The maximum Gasteiger partial charge on any atom is 0.397 e. The van der Waals surface area contributed by atoms with E-state index in [1.807, 2.05) is 0 Å². The Morgan fingerprint density at radius 1 is 0.679 bits per heavy atom. The van der Waals surface area contributed by atoms with Crippen LogP contribution in [0.5, 0.6) is 5.75 Å². The van der Waals surface area contributed by atoms with Gasteiger partial charge in [0.1, 0.15) is 49.5 Å². The van der Waals surface area contributed by atoms with Crippen molar-refractivity contribution in [1.82, 2.24) is 0 Å². The average Bonchev–Trinajstić information content (AvgIpc) is 3.09. The monoisotopic (exact) mass is 856 g/mol. The minimum absolute atomic E-state index is 0.0163. The lowest BCUT2D eigenvalue weighted by molar-refractivity contribution is 0.0698. The third kappa shape index (κ3) is 10.5. The van der Waals surface area contributed by atoms with Crippen molar-refractivity contribution < 1.29 is 66.2 Å². The van der Waals surface area contributed by atoms with Crippen molar-refractivity contribution in [3.8, 4) is 5.75 Å². The molecule has 0 aliphatic heterocycles. The van der Waals surface area contributed by atoms with Crippen LogP contribution in [-0.2, 0) is 44.7 Å². The number of sulfone groups is 1. The first-order valence-corrected chi connectivity index (χ1v) is 20.7. The fourth-order valence-electron chi connectivity index (χ4n) is 4.49. The molecule has 4 rings (SSSR count). The van der Waals surface area contributed by atoms with E-state index < -0.39 is 114 Å². The number of hydrogen-bond donors (Lipinski definition) is 6. The predicted octanol–water partition coefficient (Wildman–Crippen LogP) is 5.20. The summed E-state index contributed by atoms with van der Waals surface area (Å²) in [7, 11) is -17.7. The van der Waals surface area contributed by atoms with Gasteiger partial charge < -0.3 is 21.3 Å². The lowest BCUT2D eigenvalue weighted by atomic mass is 10.1.